The summed E-state index contributed by atoms with van der Waals surface area (Å²) in [7, 11) is 0. The molecule has 0 aliphatic carbocycles. The first-order valence-electron chi connectivity index (χ1n) is 5.37. The van der Waals surface area contributed by atoms with Gasteiger partial charge in [0.2, 0.25) is 0 Å². The van der Waals surface area contributed by atoms with Gasteiger partial charge >= 0.3 is 0 Å². The fourth-order valence-corrected chi connectivity index (χ4v) is 1.80. The molecule has 1 atom stereocenters. The predicted octanol–water partition coefficient (Wildman–Crippen LogP) is 4.16. The van der Waals surface area contributed by atoms with Gasteiger partial charge in [-0.2, -0.15) is 5.26 Å². The number of anilines is 1. The Kier molecular flexibility index (Phi) is 3.81. The van der Waals surface area contributed by atoms with Gasteiger partial charge in [0.25, 0.3) is 0 Å². The van der Waals surface area contributed by atoms with Crippen LogP contribution in [0.1, 0.15) is 11.6 Å². The van der Waals surface area contributed by atoms with E-state index in [9.17, 15) is 4.39 Å². The van der Waals surface area contributed by atoms with E-state index >= 15 is 0 Å². The first-order valence-corrected chi connectivity index (χ1v) is 5.74. The SMILES string of the molecule is N#CC(Nc1ccccc1)c1cc(Cl)ccc1F. The summed E-state index contributed by atoms with van der Waals surface area (Å²) in [5, 5.41) is 12.5. The van der Waals surface area contributed by atoms with E-state index in [2.05, 4.69) is 5.32 Å². The van der Waals surface area contributed by atoms with Crippen LogP contribution >= 0.6 is 11.6 Å². The summed E-state index contributed by atoms with van der Waals surface area (Å²) in [4.78, 5) is 0. The lowest BCUT2D eigenvalue weighted by Gasteiger charge is -2.14. The molecule has 0 saturated heterocycles. The Bertz CT molecular complexity index is 578. The number of hydrogen-bond acceptors (Lipinski definition) is 2. The molecule has 0 aromatic heterocycles. The van der Waals surface area contributed by atoms with Crippen molar-refractivity contribution in [2.24, 2.45) is 0 Å². The molecule has 0 radical (unpaired) electrons. The van der Waals surface area contributed by atoms with Gasteiger partial charge in [0.1, 0.15) is 11.9 Å². The van der Waals surface area contributed by atoms with E-state index < -0.39 is 11.9 Å². The molecule has 2 rings (SSSR count). The Balaban J connectivity index is 2.29. The van der Waals surface area contributed by atoms with Crippen molar-refractivity contribution in [3.63, 3.8) is 0 Å². The third kappa shape index (κ3) is 2.79. The van der Waals surface area contributed by atoms with Crippen molar-refractivity contribution in [3.05, 3.63) is 64.9 Å². The summed E-state index contributed by atoms with van der Waals surface area (Å²) in [5.41, 5.74) is 0.997. The Hall–Kier alpha value is -2.05. The molecule has 90 valence electrons. The van der Waals surface area contributed by atoms with E-state index in [4.69, 9.17) is 16.9 Å². The Morgan fingerprint density at radius 1 is 1.17 bits per heavy atom. The largest absolute Gasteiger partial charge is 0.366 e. The molecule has 2 aromatic carbocycles. The average Bonchev–Trinajstić information content (AvgIpc) is 2.40. The highest BCUT2D eigenvalue weighted by Crippen LogP contribution is 2.24. The lowest BCUT2D eigenvalue weighted by atomic mass is 10.1. The minimum atomic E-state index is -0.772. The molecular weight excluding hydrogens is 251 g/mol. The van der Waals surface area contributed by atoms with Gasteiger partial charge < -0.3 is 5.32 Å². The van der Waals surface area contributed by atoms with Gasteiger partial charge in [-0.25, -0.2) is 4.39 Å². The molecule has 18 heavy (non-hydrogen) atoms. The topological polar surface area (TPSA) is 35.8 Å². The van der Waals surface area contributed by atoms with Crippen LogP contribution in [-0.2, 0) is 0 Å². The lowest BCUT2D eigenvalue weighted by Crippen LogP contribution is -2.10. The quantitative estimate of drug-likeness (QED) is 0.900. The van der Waals surface area contributed by atoms with Gasteiger partial charge in [0.05, 0.1) is 6.07 Å². The Morgan fingerprint density at radius 3 is 2.56 bits per heavy atom. The maximum absolute atomic E-state index is 13.7. The molecule has 0 spiro atoms. The molecule has 4 heteroatoms. The second-order valence-corrected chi connectivity index (χ2v) is 4.17. The fourth-order valence-electron chi connectivity index (χ4n) is 1.62. The maximum Gasteiger partial charge on any atom is 0.143 e. The monoisotopic (exact) mass is 260 g/mol. The van der Waals surface area contributed by atoms with Gasteiger partial charge in [0.15, 0.2) is 0 Å². The van der Waals surface area contributed by atoms with Crippen LogP contribution < -0.4 is 5.32 Å². The molecular formula is C14H10ClFN2. The van der Waals surface area contributed by atoms with Crippen molar-refractivity contribution >= 4 is 17.3 Å². The van der Waals surface area contributed by atoms with Crippen molar-refractivity contribution < 1.29 is 4.39 Å². The van der Waals surface area contributed by atoms with E-state index in [-0.39, 0.29) is 5.56 Å². The van der Waals surface area contributed by atoms with Gasteiger partial charge in [-0.1, -0.05) is 29.8 Å². The standard InChI is InChI=1S/C14H10ClFN2/c15-10-6-7-13(16)12(8-10)14(9-17)18-11-4-2-1-3-5-11/h1-8,14,18H. The predicted molar refractivity (Wildman–Crippen MR) is 69.8 cm³/mol. The number of nitrogens with one attached hydrogen (secondary N) is 1. The van der Waals surface area contributed by atoms with Crippen molar-refractivity contribution in [1.82, 2.24) is 0 Å². The third-order valence-corrected chi connectivity index (χ3v) is 2.72. The van der Waals surface area contributed by atoms with Gasteiger partial charge in [-0.15, -0.1) is 0 Å². The number of nitriles is 1. The molecule has 0 bridgehead atoms. The van der Waals surface area contributed by atoms with Gasteiger partial charge in [-0.05, 0) is 30.3 Å². The van der Waals surface area contributed by atoms with Crippen LogP contribution in [0.2, 0.25) is 5.02 Å². The number of para-hydroxylation sites is 1. The van der Waals surface area contributed by atoms with Crippen LogP contribution in [0.5, 0.6) is 0 Å². The Morgan fingerprint density at radius 2 is 1.89 bits per heavy atom. The molecule has 0 aliphatic rings. The molecule has 0 saturated carbocycles. The summed E-state index contributed by atoms with van der Waals surface area (Å²) in [6.07, 6.45) is 0. The first kappa shape index (κ1) is 12.4. The lowest BCUT2D eigenvalue weighted by molar-refractivity contribution is 0.607. The molecule has 2 nitrogen and oxygen atoms in total. The molecule has 0 heterocycles. The zero-order valence-corrected chi connectivity index (χ0v) is 10.2. The van der Waals surface area contributed by atoms with Gasteiger partial charge in [-0.3, -0.25) is 0 Å². The Labute approximate surface area is 110 Å². The number of rotatable bonds is 3. The van der Waals surface area contributed by atoms with Crippen LogP contribution in [0.25, 0.3) is 0 Å². The summed E-state index contributed by atoms with van der Waals surface area (Å²) in [6.45, 7) is 0. The summed E-state index contributed by atoms with van der Waals surface area (Å²) in [5.74, 6) is -0.450. The molecule has 1 N–H and O–H groups in total. The molecule has 0 aliphatic heterocycles. The summed E-state index contributed by atoms with van der Waals surface area (Å²) >= 11 is 5.82. The molecule has 1 unspecified atom stereocenters. The second-order valence-electron chi connectivity index (χ2n) is 3.74. The van der Waals surface area contributed by atoms with Crippen LogP contribution in [0, 0.1) is 17.1 Å². The molecule has 0 fully saturated rings. The zero-order valence-electron chi connectivity index (χ0n) is 9.40. The van der Waals surface area contributed by atoms with E-state index in [1.807, 2.05) is 36.4 Å². The number of nitrogens with zero attached hydrogens (tertiary/aromatic N) is 1. The van der Waals surface area contributed by atoms with E-state index in [1.54, 1.807) is 0 Å². The van der Waals surface area contributed by atoms with Crippen LogP contribution in [0.4, 0.5) is 10.1 Å². The smallest absolute Gasteiger partial charge is 0.143 e. The summed E-state index contributed by atoms with van der Waals surface area (Å²) in [6, 6.07) is 14.6. The number of benzene rings is 2. The molecule has 0 amide bonds. The zero-order chi connectivity index (χ0) is 13.0. The van der Waals surface area contributed by atoms with E-state index in [0.29, 0.717) is 5.02 Å². The number of hydrogen-bond donors (Lipinski definition) is 1. The normalized spacial score (nSPS) is 11.6. The maximum atomic E-state index is 13.7. The minimum absolute atomic E-state index is 0.244. The molecule has 2 aromatic rings. The van der Waals surface area contributed by atoms with E-state index in [1.165, 1.54) is 18.2 Å². The first-order chi connectivity index (χ1) is 8.70. The summed E-state index contributed by atoms with van der Waals surface area (Å²) < 4.78 is 13.7. The highest BCUT2D eigenvalue weighted by Gasteiger charge is 2.15. The minimum Gasteiger partial charge on any atom is -0.366 e. The van der Waals surface area contributed by atoms with E-state index in [0.717, 1.165) is 5.69 Å². The van der Waals surface area contributed by atoms with Crippen LogP contribution in [-0.4, -0.2) is 0 Å². The van der Waals surface area contributed by atoms with Gasteiger partial charge in [0, 0.05) is 16.3 Å². The van der Waals surface area contributed by atoms with Crippen LogP contribution in [0.15, 0.2) is 48.5 Å². The number of halogens is 2. The highest BCUT2D eigenvalue weighted by molar-refractivity contribution is 6.30. The second kappa shape index (κ2) is 5.52. The highest BCUT2D eigenvalue weighted by atomic mass is 35.5. The van der Waals surface area contributed by atoms with Crippen molar-refractivity contribution in [2.45, 2.75) is 6.04 Å². The third-order valence-electron chi connectivity index (χ3n) is 2.48. The van der Waals surface area contributed by atoms with Crippen molar-refractivity contribution in [2.75, 3.05) is 5.32 Å². The van der Waals surface area contributed by atoms with Crippen molar-refractivity contribution in [3.8, 4) is 6.07 Å². The van der Waals surface area contributed by atoms with Crippen LogP contribution in [0.3, 0.4) is 0 Å². The fraction of sp³-hybridized carbons (Fsp3) is 0.0714. The average molecular weight is 261 g/mol. The van der Waals surface area contributed by atoms with Crippen molar-refractivity contribution in [1.29, 1.82) is 5.26 Å².